The number of primary amides is 1. The van der Waals surface area contributed by atoms with Crippen LogP contribution in [0.4, 0.5) is 0 Å². The SMILES string of the molecule is CCC(=O)Cc1ncccc1C(N)=O. The molecule has 0 spiro atoms. The smallest absolute Gasteiger partial charge is 0.250 e. The molecule has 0 fully saturated rings. The first-order chi connectivity index (χ1) is 6.65. The van der Waals surface area contributed by atoms with Gasteiger partial charge >= 0.3 is 0 Å². The molecule has 14 heavy (non-hydrogen) atoms. The summed E-state index contributed by atoms with van der Waals surface area (Å²) >= 11 is 0. The lowest BCUT2D eigenvalue weighted by Crippen LogP contribution is -2.16. The molecule has 1 rings (SSSR count). The lowest BCUT2D eigenvalue weighted by molar-refractivity contribution is -0.118. The maximum absolute atomic E-state index is 11.2. The molecule has 0 radical (unpaired) electrons. The minimum Gasteiger partial charge on any atom is -0.366 e. The fraction of sp³-hybridized carbons (Fsp3) is 0.300. The fourth-order valence-electron chi connectivity index (χ4n) is 1.11. The molecule has 0 aliphatic rings. The Bertz CT molecular complexity index is 361. The van der Waals surface area contributed by atoms with Crippen LogP contribution in [0.5, 0.6) is 0 Å². The summed E-state index contributed by atoms with van der Waals surface area (Å²) in [6.07, 6.45) is 2.16. The number of pyridine rings is 1. The maximum Gasteiger partial charge on any atom is 0.250 e. The number of nitrogens with zero attached hydrogens (tertiary/aromatic N) is 1. The first kappa shape index (κ1) is 10.4. The highest BCUT2D eigenvalue weighted by atomic mass is 16.1. The van der Waals surface area contributed by atoms with E-state index in [-0.39, 0.29) is 12.2 Å². The van der Waals surface area contributed by atoms with Gasteiger partial charge in [0.15, 0.2) is 0 Å². The summed E-state index contributed by atoms with van der Waals surface area (Å²) in [6, 6.07) is 3.20. The fourth-order valence-corrected chi connectivity index (χ4v) is 1.11. The molecular weight excluding hydrogens is 180 g/mol. The molecule has 4 heteroatoms. The van der Waals surface area contributed by atoms with Crippen molar-refractivity contribution in [1.29, 1.82) is 0 Å². The van der Waals surface area contributed by atoms with Crippen LogP contribution in [0.25, 0.3) is 0 Å². The lowest BCUT2D eigenvalue weighted by atomic mass is 10.1. The molecule has 1 aromatic rings. The Labute approximate surface area is 82.1 Å². The van der Waals surface area contributed by atoms with E-state index in [0.29, 0.717) is 17.7 Å². The molecule has 0 saturated carbocycles. The topological polar surface area (TPSA) is 73.1 Å². The number of carbonyl (C=O) groups excluding carboxylic acids is 2. The number of carbonyl (C=O) groups is 2. The van der Waals surface area contributed by atoms with Gasteiger partial charge in [0.05, 0.1) is 11.3 Å². The zero-order chi connectivity index (χ0) is 10.6. The first-order valence-corrected chi connectivity index (χ1v) is 4.40. The highest BCUT2D eigenvalue weighted by Gasteiger charge is 2.11. The van der Waals surface area contributed by atoms with E-state index in [1.54, 1.807) is 25.3 Å². The highest BCUT2D eigenvalue weighted by Crippen LogP contribution is 2.06. The monoisotopic (exact) mass is 192 g/mol. The summed E-state index contributed by atoms with van der Waals surface area (Å²) in [5, 5.41) is 0. The Morgan fingerprint density at radius 2 is 2.21 bits per heavy atom. The maximum atomic E-state index is 11.2. The molecule has 0 bridgehead atoms. The van der Waals surface area contributed by atoms with Crippen LogP contribution >= 0.6 is 0 Å². The van der Waals surface area contributed by atoms with Gasteiger partial charge in [-0.3, -0.25) is 14.6 Å². The Morgan fingerprint density at radius 1 is 1.50 bits per heavy atom. The van der Waals surface area contributed by atoms with Crippen molar-refractivity contribution in [2.24, 2.45) is 5.73 Å². The normalized spacial score (nSPS) is 9.79. The Balaban J connectivity index is 2.95. The largest absolute Gasteiger partial charge is 0.366 e. The Hall–Kier alpha value is -1.71. The van der Waals surface area contributed by atoms with Crippen molar-refractivity contribution in [2.75, 3.05) is 0 Å². The summed E-state index contributed by atoms with van der Waals surface area (Å²) in [6.45, 7) is 1.77. The second-order valence-electron chi connectivity index (χ2n) is 2.93. The van der Waals surface area contributed by atoms with Crippen molar-refractivity contribution in [3.05, 3.63) is 29.6 Å². The van der Waals surface area contributed by atoms with Gasteiger partial charge in [-0.1, -0.05) is 6.92 Å². The molecule has 1 aromatic heterocycles. The number of hydrogen-bond acceptors (Lipinski definition) is 3. The van der Waals surface area contributed by atoms with Crippen molar-refractivity contribution in [1.82, 2.24) is 4.98 Å². The van der Waals surface area contributed by atoms with Gasteiger partial charge in [0.25, 0.3) is 5.91 Å². The summed E-state index contributed by atoms with van der Waals surface area (Å²) in [5.74, 6) is -0.497. The number of aromatic nitrogens is 1. The average molecular weight is 192 g/mol. The van der Waals surface area contributed by atoms with Gasteiger partial charge in [-0.15, -0.1) is 0 Å². The predicted octanol–water partition coefficient (Wildman–Crippen LogP) is 0.702. The van der Waals surface area contributed by atoms with Crippen LogP contribution in [0.1, 0.15) is 29.4 Å². The average Bonchev–Trinajstić information content (AvgIpc) is 2.18. The summed E-state index contributed by atoms with van der Waals surface area (Å²) in [4.78, 5) is 26.1. The minimum atomic E-state index is -0.544. The predicted molar refractivity (Wildman–Crippen MR) is 51.8 cm³/mol. The third-order valence-corrected chi connectivity index (χ3v) is 1.91. The van der Waals surface area contributed by atoms with E-state index in [2.05, 4.69) is 4.98 Å². The van der Waals surface area contributed by atoms with Crippen molar-refractivity contribution >= 4 is 11.7 Å². The van der Waals surface area contributed by atoms with Crippen molar-refractivity contribution < 1.29 is 9.59 Å². The van der Waals surface area contributed by atoms with Crippen LogP contribution in [0, 0.1) is 0 Å². The molecule has 2 N–H and O–H groups in total. The number of rotatable bonds is 4. The highest BCUT2D eigenvalue weighted by molar-refractivity contribution is 5.95. The zero-order valence-corrected chi connectivity index (χ0v) is 7.99. The third-order valence-electron chi connectivity index (χ3n) is 1.91. The van der Waals surface area contributed by atoms with Crippen LogP contribution < -0.4 is 5.73 Å². The molecule has 0 aliphatic heterocycles. The lowest BCUT2D eigenvalue weighted by Gasteiger charge is -2.02. The van der Waals surface area contributed by atoms with Crippen LogP contribution in [0.2, 0.25) is 0 Å². The molecule has 0 atom stereocenters. The van der Waals surface area contributed by atoms with Gasteiger partial charge in [-0.25, -0.2) is 0 Å². The van der Waals surface area contributed by atoms with E-state index in [4.69, 9.17) is 5.73 Å². The standard InChI is InChI=1S/C10H12N2O2/c1-2-7(13)6-9-8(10(11)14)4-3-5-12-9/h3-5H,2,6H2,1H3,(H2,11,14). The van der Waals surface area contributed by atoms with Gasteiger partial charge < -0.3 is 5.73 Å². The molecular formula is C10H12N2O2. The zero-order valence-electron chi connectivity index (χ0n) is 7.99. The molecule has 1 amide bonds. The molecule has 74 valence electrons. The third kappa shape index (κ3) is 2.39. The van der Waals surface area contributed by atoms with E-state index in [1.165, 1.54) is 0 Å². The Morgan fingerprint density at radius 3 is 2.79 bits per heavy atom. The van der Waals surface area contributed by atoms with Gasteiger partial charge in [0.2, 0.25) is 0 Å². The molecule has 0 aliphatic carbocycles. The Kier molecular flexibility index (Phi) is 3.34. The van der Waals surface area contributed by atoms with Crippen molar-refractivity contribution in [3.8, 4) is 0 Å². The summed E-state index contributed by atoms with van der Waals surface area (Å²) in [7, 11) is 0. The second-order valence-corrected chi connectivity index (χ2v) is 2.93. The number of Topliss-reactive ketones (excluding diaryl/α,β-unsaturated/α-hetero) is 1. The molecule has 1 heterocycles. The quantitative estimate of drug-likeness (QED) is 0.763. The van der Waals surface area contributed by atoms with Crippen LogP contribution in [0.15, 0.2) is 18.3 Å². The molecule has 4 nitrogen and oxygen atoms in total. The molecule has 0 aromatic carbocycles. The summed E-state index contributed by atoms with van der Waals surface area (Å²) in [5.41, 5.74) is 5.93. The van der Waals surface area contributed by atoms with Gasteiger partial charge in [-0.2, -0.15) is 0 Å². The number of amides is 1. The number of nitrogens with two attached hydrogens (primary N) is 1. The van der Waals surface area contributed by atoms with E-state index in [1.807, 2.05) is 0 Å². The molecule has 0 saturated heterocycles. The molecule has 0 unspecified atom stereocenters. The van der Waals surface area contributed by atoms with Gasteiger partial charge in [0.1, 0.15) is 5.78 Å². The first-order valence-electron chi connectivity index (χ1n) is 4.40. The van der Waals surface area contributed by atoms with E-state index in [0.717, 1.165) is 0 Å². The van der Waals surface area contributed by atoms with Crippen molar-refractivity contribution in [3.63, 3.8) is 0 Å². The van der Waals surface area contributed by atoms with Crippen LogP contribution in [-0.4, -0.2) is 16.7 Å². The van der Waals surface area contributed by atoms with Gasteiger partial charge in [0, 0.05) is 19.0 Å². The van der Waals surface area contributed by atoms with Crippen LogP contribution in [0.3, 0.4) is 0 Å². The minimum absolute atomic E-state index is 0.0474. The summed E-state index contributed by atoms with van der Waals surface area (Å²) < 4.78 is 0. The van der Waals surface area contributed by atoms with Crippen molar-refractivity contribution in [2.45, 2.75) is 19.8 Å². The van der Waals surface area contributed by atoms with Gasteiger partial charge in [-0.05, 0) is 12.1 Å². The number of ketones is 1. The number of hydrogen-bond donors (Lipinski definition) is 1. The van der Waals surface area contributed by atoms with E-state index < -0.39 is 5.91 Å². The second kappa shape index (κ2) is 4.50. The van der Waals surface area contributed by atoms with Crippen LogP contribution in [-0.2, 0) is 11.2 Å². The van der Waals surface area contributed by atoms with E-state index >= 15 is 0 Å². The van der Waals surface area contributed by atoms with E-state index in [9.17, 15) is 9.59 Å².